The highest BCUT2D eigenvalue weighted by molar-refractivity contribution is 7.91. The summed E-state index contributed by atoms with van der Waals surface area (Å²) in [6, 6.07) is 6.84. The van der Waals surface area contributed by atoms with Gasteiger partial charge in [-0.25, -0.2) is 8.42 Å². The minimum atomic E-state index is -3.12. The Bertz CT molecular complexity index is 384. The highest BCUT2D eigenvalue weighted by Gasteiger charge is 2.14. The normalized spacial score (nSPS) is 11.5. The maximum absolute atomic E-state index is 11.5. The van der Waals surface area contributed by atoms with Crippen LogP contribution in [0.5, 0.6) is 0 Å². The maximum Gasteiger partial charge on any atom is 0.178 e. The molecule has 1 rings (SSSR count). The molecule has 0 radical (unpaired) electrons. The van der Waals surface area contributed by atoms with Crippen molar-refractivity contribution in [2.75, 3.05) is 5.75 Å². The molecule has 2 N–H and O–H groups in total. The van der Waals surface area contributed by atoms with E-state index in [-0.39, 0.29) is 12.3 Å². The van der Waals surface area contributed by atoms with Crippen LogP contribution in [0.4, 0.5) is 0 Å². The third-order valence-electron chi connectivity index (χ3n) is 1.91. The molecule has 0 aliphatic rings. The Labute approximate surface area is 78.5 Å². The van der Waals surface area contributed by atoms with Crippen LogP contribution in [0.3, 0.4) is 0 Å². The number of benzene rings is 1. The van der Waals surface area contributed by atoms with Crippen LogP contribution in [-0.2, 0) is 16.4 Å². The maximum atomic E-state index is 11.5. The lowest BCUT2D eigenvalue weighted by atomic mass is 10.2. The van der Waals surface area contributed by atoms with E-state index in [1.807, 2.05) is 0 Å². The Hall–Kier alpha value is -0.870. The molecule has 3 nitrogen and oxygen atoms in total. The Morgan fingerprint density at radius 1 is 1.31 bits per heavy atom. The van der Waals surface area contributed by atoms with Crippen LogP contribution < -0.4 is 5.73 Å². The molecule has 4 heteroatoms. The predicted octanol–water partition coefficient (Wildman–Crippen LogP) is 0.939. The van der Waals surface area contributed by atoms with Crippen molar-refractivity contribution >= 4 is 9.84 Å². The lowest BCUT2D eigenvalue weighted by molar-refractivity contribution is 0.596. The van der Waals surface area contributed by atoms with Crippen molar-refractivity contribution in [2.45, 2.75) is 18.4 Å². The average molecular weight is 199 g/mol. The van der Waals surface area contributed by atoms with Crippen molar-refractivity contribution in [3.05, 3.63) is 29.8 Å². The fourth-order valence-electron chi connectivity index (χ4n) is 1.13. The van der Waals surface area contributed by atoms with Crippen LogP contribution in [0.2, 0.25) is 0 Å². The Balaban J connectivity index is 3.29. The topological polar surface area (TPSA) is 60.2 Å². The molecule has 0 unspecified atom stereocenters. The largest absolute Gasteiger partial charge is 0.326 e. The van der Waals surface area contributed by atoms with Crippen LogP contribution in [0.15, 0.2) is 29.2 Å². The molecule has 1 aromatic rings. The molecule has 72 valence electrons. The third-order valence-corrected chi connectivity index (χ3v) is 3.74. The first-order valence-electron chi connectivity index (χ1n) is 4.12. The summed E-state index contributed by atoms with van der Waals surface area (Å²) in [5.74, 6) is 0.115. The van der Waals surface area contributed by atoms with Gasteiger partial charge in [-0.05, 0) is 11.6 Å². The second-order valence-electron chi connectivity index (χ2n) is 2.72. The molecule has 0 amide bonds. The van der Waals surface area contributed by atoms with E-state index in [1.165, 1.54) is 0 Å². The van der Waals surface area contributed by atoms with Crippen LogP contribution in [0.25, 0.3) is 0 Å². The number of hydrogen-bond acceptors (Lipinski definition) is 3. The molecule has 0 aliphatic carbocycles. The summed E-state index contributed by atoms with van der Waals surface area (Å²) in [4.78, 5) is 0.361. The molecule has 0 fully saturated rings. The molecular formula is C9H13NO2S. The van der Waals surface area contributed by atoms with Crippen molar-refractivity contribution in [3.63, 3.8) is 0 Å². The highest BCUT2D eigenvalue weighted by Crippen LogP contribution is 2.15. The standard InChI is InChI=1S/C9H13NO2S/c1-2-13(11,12)9-6-4-3-5-8(9)7-10/h3-6H,2,7,10H2,1H3. The Morgan fingerprint density at radius 2 is 1.92 bits per heavy atom. The molecule has 0 spiro atoms. The first-order valence-corrected chi connectivity index (χ1v) is 5.77. The van der Waals surface area contributed by atoms with Crippen molar-refractivity contribution in [3.8, 4) is 0 Å². The zero-order valence-electron chi connectivity index (χ0n) is 7.53. The van der Waals surface area contributed by atoms with E-state index < -0.39 is 9.84 Å². The lowest BCUT2D eigenvalue weighted by Gasteiger charge is -2.06. The van der Waals surface area contributed by atoms with Crippen molar-refractivity contribution in [1.29, 1.82) is 0 Å². The van der Waals surface area contributed by atoms with Gasteiger partial charge in [0.1, 0.15) is 0 Å². The molecule has 1 aromatic carbocycles. The molecule has 0 heterocycles. The van der Waals surface area contributed by atoms with Crippen molar-refractivity contribution < 1.29 is 8.42 Å². The minimum Gasteiger partial charge on any atom is -0.326 e. The quantitative estimate of drug-likeness (QED) is 0.788. The van der Waals surface area contributed by atoms with Gasteiger partial charge in [-0.3, -0.25) is 0 Å². The van der Waals surface area contributed by atoms with Crippen LogP contribution in [0, 0.1) is 0 Å². The smallest absolute Gasteiger partial charge is 0.178 e. The van der Waals surface area contributed by atoms with Gasteiger partial charge in [0.2, 0.25) is 0 Å². The molecule has 0 atom stereocenters. The monoisotopic (exact) mass is 199 g/mol. The number of sulfone groups is 1. The van der Waals surface area contributed by atoms with Gasteiger partial charge < -0.3 is 5.73 Å². The van der Waals surface area contributed by atoms with E-state index in [9.17, 15) is 8.42 Å². The number of rotatable bonds is 3. The second-order valence-corrected chi connectivity index (χ2v) is 4.96. The van der Waals surface area contributed by atoms with Gasteiger partial charge in [0.25, 0.3) is 0 Å². The SMILES string of the molecule is CCS(=O)(=O)c1ccccc1CN. The third kappa shape index (κ3) is 2.08. The van der Waals surface area contributed by atoms with E-state index in [0.29, 0.717) is 10.5 Å². The van der Waals surface area contributed by atoms with Gasteiger partial charge >= 0.3 is 0 Å². The fraction of sp³-hybridized carbons (Fsp3) is 0.333. The van der Waals surface area contributed by atoms with Gasteiger partial charge in [-0.1, -0.05) is 25.1 Å². The zero-order chi connectivity index (χ0) is 9.90. The van der Waals surface area contributed by atoms with Crippen LogP contribution in [-0.4, -0.2) is 14.2 Å². The Kier molecular flexibility index (Phi) is 3.06. The molecule has 0 aromatic heterocycles. The first kappa shape index (κ1) is 10.2. The van der Waals surface area contributed by atoms with Crippen molar-refractivity contribution in [2.24, 2.45) is 5.73 Å². The number of nitrogens with two attached hydrogens (primary N) is 1. The molecule has 0 saturated carbocycles. The molecule has 0 aliphatic heterocycles. The first-order chi connectivity index (χ1) is 6.11. The molecular weight excluding hydrogens is 186 g/mol. The average Bonchev–Trinajstić information content (AvgIpc) is 2.18. The molecule has 0 saturated heterocycles. The van der Waals surface area contributed by atoms with Gasteiger partial charge in [0, 0.05) is 6.54 Å². The number of hydrogen-bond donors (Lipinski definition) is 1. The van der Waals surface area contributed by atoms with Crippen LogP contribution >= 0.6 is 0 Å². The Morgan fingerprint density at radius 3 is 2.46 bits per heavy atom. The van der Waals surface area contributed by atoms with E-state index >= 15 is 0 Å². The summed E-state index contributed by atoms with van der Waals surface area (Å²) in [5.41, 5.74) is 6.12. The molecule has 13 heavy (non-hydrogen) atoms. The summed E-state index contributed by atoms with van der Waals surface area (Å²) < 4.78 is 23.1. The van der Waals surface area contributed by atoms with E-state index in [4.69, 9.17) is 5.73 Å². The second kappa shape index (κ2) is 3.89. The van der Waals surface area contributed by atoms with Gasteiger partial charge in [-0.2, -0.15) is 0 Å². The van der Waals surface area contributed by atoms with Gasteiger partial charge in [0.05, 0.1) is 10.6 Å². The summed E-state index contributed by atoms with van der Waals surface area (Å²) in [7, 11) is -3.12. The summed E-state index contributed by atoms with van der Waals surface area (Å²) in [6.07, 6.45) is 0. The van der Waals surface area contributed by atoms with Gasteiger partial charge in [0.15, 0.2) is 9.84 Å². The van der Waals surface area contributed by atoms with E-state index in [1.54, 1.807) is 31.2 Å². The van der Waals surface area contributed by atoms with Gasteiger partial charge in [-0.15, -0.1) is 0 Å². The van der Waals surface area contributed by atoms with E-state index in [0.717, 1.165) is 0 Å². The predicted molar refractivity (Wildman–Crippen MR) is 52.1 cm³/mol. The minimum absolute atomic E-state index is 0.115. The van der Waals surface area contributed by atoms with Crippen LogP contribution in [0.1, 0.15) is 12.5 Å². The summed E-state index contributed by atoms with van der Waals surface area (Å²) >= 11 is 0. The van der Waals surface area contributed by atoms with E-state index in [2.05, 4.69) is 0 Å². The zero-order valence-corrected chi connectivity index (χ0v) is 8.34. The summed E-state index contributed by atoms with van der Waals surface area (Å²) in [6.45, 7) is 1.89. The highest BCUT2D eigenvalue weighted by atomic mass is 32.2. The molecule has 0 bridgehead atoms. The summed E-state index contributed by atoms with van der Waals surface area (Å²) in [5, 5.41) is 0. The lowest BCUT2D eigenvalue weighted by Crippen LogP contribution is -2.09. The van der Waals surface area contributed by atoms with Crippen molar-refractivity contribution in [1.82, 2.24) is 0 Å². The fourth-order valence-corrected chi connectivity index (χ4v) is 2.28.